The number of nitrogens with zero attached hydrogens (tertiary/aromatic N) is 2. The Morgan fingerprint density at radius 1 is 1.57 bits per heavy atom. The predicted molar refractivity (Wildman–Crippen MR) is 31.7 cm³/mol. The Bertz CT molecular complexity index is 93.1. The molecule has 0 aliphatic rings. The predicted octanol–water partition coefficient (Wildman–Crippen LogP) is 0.365. The van der Waals surface area contributed by atoms with Crippen LogP contribution in [0.25, 0.3) is 0 Å². The van der Waals surface area contributed by atoms with Gasteiger partial charge in [0.1, 0.15) is 6.34 Å². The molecule has 1 N–H and O–H groups in total. The molecular formula is C4H7N3. The summed E-state index contributed by atoms with van der Waals surface area (Å²) >= 11 is 0. The Morgan fingerprint density at radius 3 is 2.71 bits per heavy atom. The molecule has 38 valence electrons. The van der Waals surface area contributed by atoms with Crippen LogP contribution in [0.2, 0.25) is 0 Å². The molecule has 7 heavy (non-hydrogen) atoms. The lowest BCUT2D eigenvalue weighted by Gasteiger charge is -1.66. The molecular weight excluding hydrogens is 90.1 g/mol. The van der Waals surface area contributed by atoms with Crippen LogP contribution in [0.3, 0.4) is 0 Å². The normalized spacial score (nSPS) is 11.0. The molecule has 0 aromatic rings. The van der Waals surface area contributed by atoms with Crippen molar-refractivity contribution in [2.24, 2.45) is 9.98 Å². The maximum atomic E-state index is 6.45. The van der Waals surface area contributed by atoms with Gasteiger partial charge in [0.05, 0.1) is 0 Å². The van der Waals surface area contributed by atoms with Crippen LogP contribution in [0.15, 0.2) is 9.98 Å². The SMILES string of the molecule is C/N=C\N=C/C=N. The van der Waals surface area contributed by atoms with Gasteiger partial charge in [-0.3, -0.25) is 4.99 Å². The topological polar surface area (TPSA) is 48.6 Å². The van der Waals surface area contributed by atoms with E-state index in [1.165, 1.54) is 12.6 Å². The third kappa shape index (κ3) is 5.01. The van der Waals surface area contributed by atoms with E-state index in [2.05, 4.69) is 9.98 Å². The zero-order chi connectivity index (χ0) is 5.54. The summed E-state index contributed by atoms with van der Waals surface area (Å²) < 4.78 is 0. The van der Waals surface area contributed by atoms with Crippen LogP contribution < -0.4 is 0 Å². The first kappa shape index (κ1) is 6.01. The number of hydrogen-bond acceptors (Lipinski definition) is 2. The quantitative estimate of drug-likeness (QED) is 0.382. The summed E-state index contributed by atoms with van der Waals surface area (Å²) in [7, 11) is 1.63. The third-order valence-corrected chi connectivity index (χ3v) is 0.343. The van der Waals surface area contributed by atoms with Gasteiger partial charge in [0.25, 0.3) is 0 Å². The van der Waals surface area contributed by atoms with Crippen molar-refractivity contribution in [1.29, 1.82) is 5.41 Å². The van der Waals surface area contributed by atoms with Crippen molar-refractivity contribution < 1.29 is 0 Å². The number of aliphatic imine (C=N–C) groups is 2. The Morgan fingerprint density at radius 2 is 2.29 bits per heavy atom. The van der Waals surface area contributed by atoms with Crippen LogP contribution in [0.4, 0.5) is 0 Å². The number of nitrogens with one attached hydrogen (secondary N) is 1. The smallest absolute Gasteiger partial charge is 0.109 e. The molecule has 0 unspecified atom stereocenters. The Balaban J connectivity index is 3.27. The van der Waals surface area contributed by atoms with Gasteiger partial charge in [0.15, 0.2) is 0 Å². The second-order valence-electron chi connectivity index (χ2n) is 0.838. The fourth-order valence-electron chi connectivity index (χ4n) is 0.148. The highest BCUT2D eigenvalue weighted by molar-refractivity contribution is 6.16. The van der Waals surface area contributed by atoms with Gasteiger partial charge in [0, 0.05) is 19.5 Å². The van der Waals surface area contributed by atoms with Crippen molar-refractivity contribution in [3.8, 4) is 0 Å². The summed E-state index contributed by atoms with van der Waals surface area (Å²) in [4.78, 5) is 7.10. The molecule has 0 bridgehead atoms. The molecule has 0 aromatic carbocycles. The van der Waals surface area contributed by atoms with E-state index in [-0.39, 0.29) is 0 Å². The largest absolute Gasteiger partial charge is 0.307 e. The average molecular weight is 97.1 g/mol. The minimum atomic E-state index is 1.10. The maximum absolute atomic E-state index is 6.45. The van der Waals surface area contributed by atoms with Crippen molar-refractivity contribution in [2.45, 2.75) is 0 Å². The van der Waals surface area contributed by atoms with E-state index in [1.54, 1.807) is 7.05 Å². The molecule has 0 heterocycles. The molecule has 0 fully saturated rings. The minimum absolute atomic E-state index is 1.10. The fourth-order valence-corrected chi connectivity index (χ4v) is 0.148. The summed E-state index contributed by atoms with van der Waals surface area (Å²) in [6, 6.07) is 0. The molecule has 0 spiro atoms. The maximum Gasteiger partial charge on any atom is 0.109 e. The molecule has 0 aliphatic heterocycles. The van der Waals surface area contributed by atoms with Crippen molar-refractivity contribution in [1.82, 2.24) is 0 Å². The second-order valence-corrected chi connectivity index (χ2v) is 0.838. The first-order chi connectivity index (χ1) is 3.41. The fraction of sp³-hybridized carbons (Fsp3) is 0.250. The highest BCUT2D eigenvalue weighted by Gasteiger charge is 1.53. The van der Waals surface area contributed by atoms with Crippen molar-refractivity contribution in [2.75, 3.05) is 7.05 Å². The van der Waals surface area contributed by atoms with Gasteiger partial charge in [-0.05, 0) is 0 Å². The van der Waals surface area contributed by atoms with E-state index < -0.39 is 0 Å². The molecule has 0 amide bonds. The van der Waals surface area contributed by atoms with Crippen molar-refractivity contribution in [3.05, 3.63) is 0 Å². The van der Waals surface area contributed by atoms with Gasteiger partial charge in [-0.1, -0.05) is 0 Å². The highest BCUT2D eigenvalue weighted by atomic mass is 14.8. The van der Waals surface area contributed by atoms with Gasteiger partial charge in [0.2, 0.25) is 0 Å². The Labute approximate surface area is 42.3 Å². The number of rotatable bonds is 2. The zero-order valence-electron chi connectivity index (χ0n) is 4.13. The van der Waals surface area contributed by atoms with Crippen LogP contribution >= 0.6 is 0 Å². The zero-order valence-corrected chi connectivity index (χ0v) is 4.13. The average Bonchev–Trinajstić information content (AvgIpc) is 1.69. The van der Waals surface area contributed by atoms with E-state index in [9.17, 15) is 0 Å². The van der Waals surface area contributed by atoms with E-state index in [0.29, 0.717) is 0 Å². The standard InChI is InChI=1S/C4H7N3/c1-6-4-7-3-2-5/h2-5H,1H3/b5-2?,6-4-,7-3-. The lowest BCUT2D eigenvalue weighted by Crippen LogP contribution is -1.70. The van der Waals surface area contributed by atoms with Crippen LogP contribution in [-0.2, 0) is 0 Å². The third-order valence-electron chi connectivity index (χ3n) is 0.343. The second kappa shape index (κ2) is 5.01. The van der Waals surface area contributed by atoms with Gasteiger partial charge < -0.3 is 5.41 Å². The van der Waals surface area contributed by atoms with Crippen LogP contribution in [0.5, 0.6) is 0 Å². The molecule has 0 rings (SSSR count). The molecule has 0 saturated heterocycles. The first-order valence-electron chi connectivity index (χ1n) is 1.84. The van der Waals surface area contributed by atoms with E-state index in [1.807, 2.05) is 0 Å². The van der Waals surface area contributed by atoms with Gasteiger partial charge in [-0.2, -0.15) is 0 Å². The minimum Gasteiger partial charge on any atom is -0.307 e. The van der Waals surface area contributed by atoms with Crippen molar-refractivity contribution in [3.63, 3.8) is 0 Å². The first-order valence-corrected chi connectivity index (χ1v) is 1.84. The van der Waals surface area contributed by atoms with Crippen molar-refractivity contribution >= 4 is 18.8 Å². The molecule has 3 nitrogen and oxygen atoms in total. The van der Waals surface area contributed by atoms with Crippen LogP contribution in [-0.4, -0.2) is 25.8 Å². The summed E-state index contributed by atoms with van der Waals surface area (Å²) in [5, 5.41) is 6.45. The molecule has 0 aliphatic carbocycles. The Kier molecular flexibility index (Phi) is 4.30. The highest BCUT2D eigenvalue weighted by Crippen LogP contribution is 1.52. The van der Waals surface area contributed by atoms with Gasteiger partial charge in [-0.25, -0.2) is 4.99 Å². The van der Waals surface area contributed by atoms with Gasteiger partial charge in [-0.15, -0.1) is 0 Å². The van der Waals surface area contributed by atoms with E-state index in [4.69, 9.17) is 5.41 Å². The molecule has 3 heteroatoms. The molecule has 0 aromatic heterocycles. The molecule has 0 radical (unpaired) electrons. The lowest BCUT2D eigenvalue weighted by atomic mass is 10.8. The van der Waals surface area contributed by atoms with Crippen LogP contribution in [0, 0.1) is 5.41 Å². The summed E-state index contributed by atoms with van der Waals surface area (Å²) in [6.45, 7) is 0. The summed E-state index contributed by atoms with van der Waals surface area (Å²) in [6.07, 6.45) is 3.83. The Hall–Kier alpha value is -0.990. The monoisotopic (exact) mass is 97.1 g/mol. The van der Waals surface area contributed by atoms with Gasteiger partial charge >= 0.3 is 0 Å². The number of hydrogen-bond donors (Lipinski definition) is 1. The molecule has 0 saturated carbocycles. The summed E-state index contributed by atoms with van der Waals surface area (Å²) in [5.41, 5.74) is 0. The summed E-state index contributed by atoms with van der Waals surface area (Å²) in [5.74, 6) is 0. The lowest BCUT2D eigenvalue weighted by molar-refractivity contribution is 1.45. The molecule has 0 atom stereocenters. The van der Waals surface area contributed by atoms with Crippen LogP contribution in [0.1, 0.15) is 0 Å². The van der Waals surface area contributed by atoms with E-state index in [0.717, 1.165) is 6.21 Å². The van der Waals surface area contributed by atoms with E-state index >= 15 is 0 Å².